The predicted molar refractivity (Wildman–Crippen MR) is 68.0 cm³/mol. The molecule has 1 heterocycles. The summed E-state index contributed by atoms with van der Waals surface area (Å²) in [6.07, 6.45) is -0.564. The van der Waals surface area contributed by atoms with Crippen LogP contribution in [-0.2, 0) is 0 Å². The molecule has 5 nitrogen and oxygen atoms in total. The van der Waals surface area contributed by atoms with E-state index in [0.29, 0.717) is 5.69 Å². The molecule has 0 radical (unpaired) electrons. The van der Waals surface area contributed by atoms with E-state index in [2.05, 4.69) is 15.5 Å². The summed E-state index contributed by atoms with van der Waals surface area (Å²) in [5.74, 6) is -0.273. The van der Waals surface area contributed by atoms with Gasteiger partial charge in [0.2, 0.25) is 0 Å². The Labute approximate surface area is 105 Å². The molecular formula is C13H15N3O2. The molecule has 1 aromatic heterocycles. The van der Waals surface area contributed by atoms with Crippen LogP contribution in [-0.4, -0.2) is 33.9 Å². The minimum Gasteiger partial charge on any atom is -0.392 e. The molecule has 1 aromatic carbocycles. The molecule has 2 aromatic rings. The normalized spacial score (nSPS) is 12.1. The third-order valence-electron chi connectivity index (χ3n) is 2.45. The maximum Gasteiger partial charge on any atom is 0.269 e. The van der Waals surface area contributed by atoms with E-state index in [1.807, 2.05) is 30.3 Å². The van der Waals surface area contributed by atoms with Crippen LogP contribution in [0.4, 0.5) is 0 Å². The third-order valence-corrected chi connectivity index (χ3v) is 2.45. The summed E-state index contributed by atoms with van der Waals surface area (Å²) >= 11 is 0. The smallest absolute Gasteiger partial charge is 0.269 e. The second-order valence-corrected chi connectivity index (χ2v) is 4.09. The van der Waals surface area contributed by atoms with Gasteiger partial charge in [0.15, 0.2) is 0 Å². The number of aliphatic hydroxyl groups is 1. The first-order valence-corrected chi connectivity index (χ1v) is 5.74. The average Bonchev–Trinajstić information content (AvgIpc) is 2.86. The summed E-state index contributed by atoms with van der Waals surface area (Å²) < 4.78 is 0. The van der Waals surface area contributed by atoms with Crippen molar-refractivity contribution >= 4 is 5.91 Å². The third kappa shape index (κ3) is 2.95. The van der Waals surface area contributed by atoms with Crippen molar-refractivity contribution in [3.63, 3.8) is 0 Å². The first-order chi connectivity index (χ1) is 8.66. The van der Waals surface area contributed by atoms with Gasteiger partial charge in [0.05, 0.1) is 11.8 Å². The number of amides is 1. The zero-order valence-corrected chi connectivity index (χ0v) is 10.1. The Bertz CT molecular complexity index is 520. The Kier molecular flexibility index (Phi) is 3.74. The van der Waals surface area contributed by atoms with E-state index in [4.69, 9.17) is 5.11 Å². The maximum absolute atomic E-state index is 11.7. The second-order valence-electron chi connectivity index (χ2n) is 4.09. The van der Waals surface area contributed by atoms with Crippen molar-refractivity contribution in [2.75, 3.05) is 6.54 Å². The highest BCUT2D eigenvalue weighted by atomic mass is 16.3. The van der Waals surface area contributed by atoms with Crippen LogP contribution in [0.2, 0.25) is 0 Å². The number of benzene rings is 1. The van der Waals surface area contributed by atoms with Crippen molar-refractivity contribution in [2.24, 2.45) is 0 Å². The monoisotopic (exact) mass is 245 g/mol. The SMILES string of the molecule is C[C@H](O)CNC(=O)c1cc(-c2ccccc2)n[nH]1. The van der Waals surface area contributed by atoms with Gasteiger partial charge in [-0.2, -0.15) is 5.10 Å². The highest BCUT2D eigenvalue weighted by Crippen LogP contribution is 2.16. The molecule has 0 aliphatic carbocycles. The van der Waals surface area contributed by atoms with Crippen molar-refractivity contribution in [1.29, 1.82) is 0 Å². The van der Waals surface area contributed by atoms with Crippen molar-refractivity contribution < 1.29 is 9.90 Å². The Balaban J connectivity index is 2.09. The fraction of sp³-hybridized carbons (Fsp3) is 0.231. The molecule has 94 valence electrons. The van der Waals surface area contributed by atoms with Gasteiger partial charge in [0.1, 0.15) is 5.69 Å². The molecule has 0 saturated carbocycles. The van der Waals surface area contributed by atoms with Crippen molar-refractivity contribution in [1.82, 2.24) is 15.5 Å². The van der Waals surface area contributed by atoms with E-state index in [0.717, 1.165) is 11.3 Å². The standard InChI is InChI=1S/C13H15N3O2/c1-9(17)8-14-13(18)12-7-11(15-16-12)10-5-3-2-4-6-10/h2-7,9,17H,8H2,1H3,(H,14,18)(H,15,16)/t9-/m0/s1. The van der Waals surface area contributed by atoms with Crippen LogP contribution in [0.5, 0.6) is 0 Å². The summed E-state index contributed by atoms with van der Waals surface area (Å²) in [5.41, 5.74) is 2.05. The maximum atomic E-state index is 11.7. The van der Waals surface area contributed by atoms with Gasteiger partial charge in [0.25, 0.3) is 5.91 Å². The zero-order chi connectivity index (χ0) is 13.0. The number of nitrogens with zero attached hydrogens (tertiary/aromatic N) is 1. The summed E-state index contributed by atoms with van der Waals surface area (Å²) in [6.45, 7) is 1.83. The molecule has 0 aliphatic rings. The number of hydrogen-bond donors (Lipinski definition) is 3. The molecule has 18 heavy (non-hydrogen) atoms. The highest BCUT2D eigenvalue weighted by molar-refractivity contribution is 5.93. The number of rotatable bonds is 4. The topological polar surface area (TPSA) is 78.0 Å². The van der Waals surface area contributed by atoms with Crippen LogP contribution in [0.1, 0.15) is 17.4 Å². The number of nitrogens with one attached hydrogen (secondary N) is 2. The molecule has 0 unspecified atom stereocenters. The first-order valence-electron chi connectivity index (χ1n) is 5.74. The van der Waals surface area contributed by atoms with Gasteiger partial charge in [-0.15, -0.1) is 0 Å². The number of aromatic nitrogens is 2. The van der Waals surface area contributed by atoms with Crippen molar-refractivity contribution in [3.8, 4) is 11.3 Å². The number of aliphatic hydroxyl groups excluding tert-OH is 1. The van der Waals surface area contributed by atoms with Gasteiger partial charge < -0.3 is 10.4 Å². The second kappa shape index (κ2) is 5.46. The summed E-state index contributed by atoms with van der Waals surface area (Å²) in [7, 11) is 0. The van der Waals surface area contributed by atoms with Gasteiger partial charge in [-0.3, -0.25) is 9.89 Å². The number of carbonyl (C=O) groups excluding carboxylic acids is 1. The number of aromatic amines is 1. The quantitative estimate of drug-likeness (QED) is 0.757. The lowest BCUT2D eigenvalue weighted by Crippen LogP contribution is -2.30. The summed E-state index contributed by atoms with van der Waals surface area (Å²) in [6, 6.07) is 11.3. The molecule has 0 bridgehead atoms. The number of hydrogen-bond acceptors (Lipinski definition) is 3. The van der Waals surface area contributed by atoms with Crippen molar-refractivity contribution in [3.05, 3.63) is 42.1 Å². The van der Waals surface area contributed by atoms with Crippen LogP contribution in [0.15, 0.2) is 36.4 Å². The number of H-pyrrole nitrogens is 1. The van der Waals surface area contributed by atoms with Gasteiger partial charge >= 0.3 is 0 Å². The van der Waals surface area contributed by atoms with Gasteiger partial charge in [0, 0.05) is 12.1 Å². The molecule has 1 amide bonds. The van der Waals surface area contributed by atoms with E-state index in [9.17, 15) is 4.79 Å². The van der Waals surface area contributed by atoms with Crippen LogP contribution >= 0.6 is 0 Å². The lowest BCUT2D eigenvalue weighted by molar-refractivity contribution is 0.0919. The predicted octanol–water partition coefficient (Wildman–Crippen LogP) is 1.19. The lowest BCUT2D eigenvalue weighted by Gasteiger charge is -2.04. The minimum absolute atomic E-state index is 0.221. The summed E-state index contributed by atoms with van der Waals surface area (Å²) in [5, 5.41) is 18.5. The van der Waals surface area contributed by atoms with Crippen LogP contribution in [0, 0.1) is 0 Å². The molecule has 0 aliphatic heterocycles. The first kappa shape index (κ1) is 12.3. The average molecular weight is 245 g/mol. The van der Waals surface area contributed by atoms with E-state index >= 15 is 0 Å². The van der Waals surface area contributed by atoms with Crippen LogP contribution in [0.25, 0.3) is 11.3 Å². The molecule has 2 rings (SSSR count). The van der Waals surface area contributed by atoms with E-state index in [-0.39, 0.29) is 12.5 Å². The fourth-order valence-electron chi connectivity index (χ4n) is 1.53. The molecule has 0 spiro atoms. The molecule has 1 atom stereocenters. The lowest BCUT2D eigenvalue weighted by atomic mass is 10.1. The highest BCUT2D eigenvalue weighted by Gasteiger charge is 2.10. The van der Waals surface area contributed by atoms with Crippen LogP contribution in [0.3, 0.4) is 0 Å². The Morgan fingerprint density at radius 2 is 2.17 bits per heavy atom. The molecule has 3 N–H and O–H groups in total. The zero-order valence-electron chi connectivity index (χ0n) is 10.1. The largest absolute Gasteiger partial charge is 0.392 e. The van der Waals surface area contributed by atoms with E-state index in [1.165, 1.54) is 0 Å². The van der Waals surface area contributed by atoms with Gasteiger partial charge in [-0.1, -0.05) is 30.3 Å². The Morgan fingerprint density at radius 1 is 1.44 bits per heavy atom. The number of carbonyl (C=O) groups is 1. The fourth-order valence-corrected chi connectivity index (χ4v) is 1.53. The van der Waals surface area contributed by atoms with Crippen LogP contribution < -0.4 is 5.32 Å². The van der Waals surface area contributed by atoms with E-state index < -0.39 is 6.10 Å². The Hall–Kier alpha value is -2.14. The van der Waals surface area contributed by atoms with Crippen molar-refractivity contribution in [2.45, 2.75) is 13.0 Å². The van der Waals surface area contributed by atoms with Gasteiger partial charge in [-0.25, -0.2) is 0 Å². The van der Waals surface area contributed by atoms with Gasteiger partial charge in [-0.05, 0) is 13.0 Å². The Morgan fingerprint density at radius 3 is 2.83 bits per heavy atom. The molecule has 5 heteroatoms. The van der Waals surface area contributed by atoms with E-state index in [1.54, 1.807) is 13.0 Å². The minimum atomic E-state index is -0.564. The molecule has 0 fully saturated rings. The molecular weight excluding hydrogens is 230 g/mol. The summed E-state index contributed by atoms with van der Waals surface area (Å²) in [4.78, 5) is 11.7. The molecule has 0 saturated heterocycles.